The van der Waals surface area contributed by atoms with E-state index in [1.54, 1.807) is 28.9 Å². The Labute approximate surface area is 232 Å². The number of fused-ring (bicyclic) bond motifs is 1. The molecule has 3 saturated heterocycles. The van der Waals surface area contributed by atoms with Gasteiger partial charge in [0.1, 0.15) is 11.6 Å². The standard InChI is InChI=1S/C31H43N3O5/c1-7-13-21(4)32(18-8-2)29(38)26-31-17-16-30(6,39-31)24(25(31)28(37)34(26)22(5)20-35)27(36)33(19-9-3)23-14-11-10-12-15-23/h8-12,14-15,21-22,24-26,35H,2-3,7,13,16-20H2,1,4-6H3/t21?,22-,24+,25+,26?,30-,31?/m1/s1. The van der Waals surface area contributed by atoms with Crippen molar-refractivity contribution in [2.24, 2.45) is 11.8 Å². The number of amides is 3. The summed E-state index contributed by atoms with van der Waals surface area (Å²) >= 11 is 0. The summed E-state index contributed by atoms with van der Waals surface area (Å²) in [7, 11) is 0. The third kappa shape index (κ3) is 4.61. The van der Waals surface area contributed by atoms with E-state index in [0.717, 1.165) is 12.8 Å². The normalized spacial score (nSPS) is 30.5. The Balaban J connectivity index is 1.81. The van der Waals surface area contributed by atoms with Gasteiger partial charge in [-0.1, -0.05) is 43.7 Å². The van der Waals surface area contributed by atoms with Crippen molar-refractivity contribution in [1.82, 2.24) is 9.80 Å². The van der Waals surface area contributed by atoms with Crippen molar-refractivity contribution in [2.45, 2.75) is 82.7 Å². The summed E-state index contributed by atoms with van der Waals surface area (Å²) in [4.78, 5) is 48.0. The molecule has 1 spiro atoms. The molecular weight excluding hydrogens is 494 g/mol. The first-order valence-electron chi connectivity index (χ1n) is 14.1. The largest absolute Gasteiger partial charge is 0.394 e. The van der Waals surface area contributed by atoms with E-state index in [-0.39, 0.29) is 36.9 Å². The predicted molar refractivity (Wildman–Crippen MR) is 151 cm³/mol. The molecule has 0 aliphatic carbocycles. The second-order valence-electron chi connectivity index (χ2n) is 11.5. The van der Waals surface area contributed by atoms with E-state index in [1.807, 2.05) is 44.2 Å². The molecule has 3 unspecified atom stereocenters. The summed E-state index contributed by atoms with van der Waals surface area (Å²) in [6.45, 7) is 15.7. The zero-order chi connectivity index (χ0) is 28.5. The molecule has 1 aromatic carbocycles. The summed E-state index contributed by atoms with van der Waals surface area (Å²) in [5.74, 6) is -2.32. The molecule has 1 N–H and O–H groups in total. The molecule has 39 heavy (non-hydrogen) atoms. The van der Waals surface area contributed by atoms with Gasteiger partial charge in [0.15, 0.2) is 0 Å². The Bertz CT molecular complexity index is 1110. The molecule has 4 rings (SSSR count). The topological polar surface area (TPSA) is 90.4 Å². The lowest BCUT2D eigenvalue weighted by Gasteiger charge is -2.40. The second-order valence-corrected chi connectivity index (χ2v) is 11.5. The molecule has 8 nitrogen and oxygen atoms in total. The average molecular weight is 538 g/mol. The second kappa shape index (κ2) is 11.3. The number of hydrogen-bond donors (Lipinski definition) is 1. The van der Waals surface area contributed by atoms with Crippen molar-refractivity contribution in [3.05, 3.63) is 55.6 Å². The summed E-state index contributed by atoms with van der Waals surface area (Å²) in [5, 5.41) is 10.1. The van der Waals surface area contributed by atoms with Crippen LogP contribution in [0.2, 0.25) is 0 Å². The number of likely N-dealkylation sites (tertiary alicyclic amines) is 1. The van der Waals surface area contributed by atoms with E-state index in [4.69, 9.17) is 4.74 Å². The van der Waals surface area contributed by atoms with Gasteiger partial charge < -0.3 is 24.5 Å². The lowest BCUT2D eigenvalue weighted by atomic mass is 9.66. The molecule has 0 aromatic heterocycles. The molecule has 3 fully saturated rings. The van der Waals surface area contributed by atoms with E-state index in [0.29, 0.717) is 25.1 Å². The van der Waals surface area contributed by atoms with E-state index in [1.165, 1.54) is 4.90 Å². The number of para-hydroxylation sites is 1. The molecule has 0 radical (unpaired) electrons. The highest BCUT2D eigenvalue weighted by Gasteiger charge is 2.78. The molecule has 1 aromatic rings. The number of carbonyl (C=O) groups excluding carboxylic acids is 3. The number of anilines is 1. The van der Waals surface area contributed by atoms with Crippen LogP contribution in [0.4, 0.5) is 5.69 Å². The van der Waals surface area contributed by atoms with Crippen LogP contribution in [0.15, 0.2) is 55.6 Å². The van der Waals surface area contributed by atoms with Crippen molar-refractivity contribution in [3.8, 4) is 0 Å². The molecular formula is C31H43N3O5. The Morgan fingerprint density at radius 2 is 1.82 bits per heavy atom. The SMILES string of the molecule is C=CCN(C(=O)[C@@H]1[C@H]2C(=O)N([C@H](C)CO)C(C(=O)N(CC=C)C(C)CCC)C23CC[C@@]1(C)O3)c1ccccc1. The molecule has 7 atom stereocenters. The fourth-order valence-corrected chi connectivity index (χ4v) is 7.17. The maximum atomic E-state index is 14.4. The molecule has 2 bridgehead atoms. The van der Waals surface area contributed by atoms with Crippen LogP contribution < -0.4 is 4.90 Å². The van der Waals surface area contributed by atoms with Gasteiger partial charge in [-0.25, -0.2) is 0 Å². The van der Waals surface area contributed by atoms with Crippen LogP contribution in [-0.4, -0.2) is 81.7 Å². The Hall–Kier alpha value is -2.97. The van der Waals surface area contributed by atoms with E-state index in [2.05, 4.69) is 20.1 Å². The molecule has 3 amide bonds. The number of rotatable bonds is 12. The van der Waals surface area contributed by atoms with Crippen molar-refractivity contribution in [3.63, 3.8) is 0 Å². The van der Waals surface area contributed by atoms with Crippen LogP contribution >= 0.6 is 0 Å². The number of aliphatic hydroxyl groups is 1. The van der Waals surface area contributed by atoms with Crippen LogP contribution in [0.25, 0.3) is 0 Å². The van der Waals surface area contributed by atoms with Crippen molar-refractivity contribution < 1.29 is 24.2 Å². The predicted octanol–water partition coefficient (Wildman–Crippen LogP) is 3.55. The molecule has 8 heteroatoms. The fraction of sp³-hybridized carbons (Fsp3) is 0.581. The van der Waals surface area contributed by atoms with Gasteiger partial charge in [0.2, 0.25) is 17.7 Å². The van der Waals surface area contributed by atoms with Crippen LogP contribution in [-0.2, 0) is 19.1 Å². The van der Waals surface area contributed by atoms with Gasteiger partial charge in [-0.3, -0.25) is 14.4 Å². The van der Waals surface area contributed by atoms with Crippen molar-refractivity contribution in [2.75, 3.05) is 24.6 Å². The lowest BCUT2D eigenvalue weighted by Crippen LogP contribution is -2.59. The number of ether oxygens (including phenoxy) is 1. The van der Waals surface area contributed by atoms with Crippen LogP contribution in [0.5, 0.6) is 0 Å². The average Bonchev–Trinajstić information content (AvgIpc) is 3.50. The van der Waals surface area contributed by atoms with Gasteiger partial charge in [0.25, 0.3) is 0 Å². The molecule has 212 valence electrons. The summed E-state index contributed by atoms with van der Waals surface area (Å²) in [6.07, 6.45) is 6.12. The van der Waals surface area contributed by atoms with Crippen LogP contribution in [0, 0.1) is 11.8 Å². The van der Waals surface area contributed by atoms with Crippen LogP contribution in [0.1, 0.15) is 53.4 Å². The minimum absolute atomic E-state index is 0.0647. The summed E-state index contributed by atoms with van der Waals surface area (Å²) < 4.78 is 6.78. The van der Waals surface area contributed by atoms with Gasteiger partial charge in [-0.15, -0.1) is 13.2 Å². The first-order valence-corrected chi connectivity index (χ1v) is 14.1. The summed E-state index contributed by atoms with van der Waals surface area (Å²) in [5.41, 5.74) is -1.32. The summed E-state index contributed by atoms with van der Waals surface area (Å²) in [6, 6.07) is 7.73. The maximum Gasteiger partial charge on any atom is 0.248 e. The fourth-order valence-electron chi connectivity index (χ4n) is 7.17. The van der Waals surface area contributed by atoms with Gasteiger partial charge >= 0.3 is 0 Å². The Kier molecular flexibility index (Phi) is 8.38. The molecule has 3 aliphatic heterocycles. The van der Waals surface area contributed by atoms with E-state index in [9.17, 15) is 19.5 Å². The van der Waals surface area contributed by atoms with Gasteiger partial charge in [-0.2, -0.15) is 0 Å². The molecule has 0 saturated carbocycles. The third-order valence-corrected chi connectivity index (χ3v) is 8.95. The smallest absolute Gasteiger partial charge is 0.248 e. The minimum atomic E-state index is -1.14. The molecule has 3 heterocycles. The highest BCUT2D eigenvalue weighted by molar-refractivity contribution is 6.03. The van der Waals surface area contributed by atoms with Crippen molar-refractivity contribution >= 4 is 23.4 Å². The van der Waals surface area contributed by atoms with Gasteiger partial charge in [0, 0.05) is 24.8 Å². The highest BCUT2D eigenvalue weighted by atomic mass is 16.5. The number of hydrogen-bond acceptors (Lipinski definition) is 5. The first kappa shape index (κ1) is 29.0. The first-order chi connectivity index (χ1) is 18.6. The maximum absolute atomic E-state index is 14.4. The number of aliphatic hydroxyl groups excluding tert-OH is 1. The zero-order valence-corrected chi connectivity index (χ0v) is 23.7. The Morgan fingerprint density at radius 3 is 2.41 bits per heavy atom. The lowest BCUT2D eigenvalue weighted by molar-refractivity contribution is -0.155. The zero-order valence-electron chi connectivity index (χ0n) is 23.7. The molecule has 3 aliphatic rings. The Morgan fingerprint density at radius 1 is 1.15 bits per heavy atom. The van der Waals surface area contributed by atoms with Crippen molar-refractivity contribution in [1.29, 1.82) is 0 Å². The minimum Gasteiger partial charge on any atom is -0.394 e. The number of carbonyl (C=O) groups is 3. The number of nitrogens with zero attached hydrogens (tertiary/aromatic N) is 3. The van der Waals surface area contributed by atoms with Crippen LogP contribution in [0.3, 0.4) is 0 Å². The monoisotopic (exact) mass is 537 g/mol. The third-order valence-electron chi connectivity index (χ3n) is 8.95. The van der Waals surface area contributed by atoms with Gasteiger partial charge in [0.05, 0.1) is 30.1 Å². The van der Waals surface area contributed by atoms with Gasteiger partial charge in [-0.05, 0) is 52.2 Å². The quantitative estimate of drug-likeness (QED) is 0.412. The van der Waals surface area contributed by atoms with E-state index < -0.39 is 35.1 Å². The van der Waals surface area contributed by atoms with E-state index >= 15 is 0 Å². The highest BCUT2D eigenvalue weighted by Crippen LogP contribution is 2.64. The number of benzene rings is 1.